The van der Waals surface area contributed by atoms with E-state index in [0.717, 1.165) is 0 Å². The molecule has 116 valence electrons. The molecule has 5 nitrogen and oxygen atoms in total. The fourth-order valence-electron chi connectivity index (χ4n) is 1.75. The summed E-state index contributed by atoms with van der Waals surface area (Å²) in [5, 5.41) is 7.13. The van der Waals surface area contributed by atoms with Crippen LogP contribution >= 0.6 is 22.9 Å². The molecule has 22 heavy (non-hydrogen) atoms. The molecular weight excluding hydrogens is 324 g/mol. The van der Waals surface area contributed by atoms with Crippen LogP contribution in [-0.2, 0) is 0 Å². The van der Waals surface area contributed by atoms with Gasteiger partial charge in [0.2, 0.25) is 0 Å². The maximum atomic E-state index is 11.9. The van der Waals surface area contributed by atoms with Crippen molar-refractivity contribution in [2.75, 3.05) is 20.2 Å². The number of methoxy groups -OCH3 is 1. The highest BCUT2D eigenvalue weighted by Gasteiger charge is 2.08. The first-order chi connectivity index (χ1) is 10.6. The van der Waals surface area contributed by atoms with Gasteiger partial charge in [0.25, 0.3) is 11.8 Å². The minimum Gasteiger partial charge on any atom is -0.497 e. The van der Waals surface area contributed by atoms with E-state index in [1.165, 1.54) is 11.3 Å². The zero-order valence-corrected chi connectivity index (χ0v) is 13.5. The van der Waals surface area contributed by atoms with Gasteiger partial charge in [-0.25, -0.2) is 0 Å². The Kier molecular flexibility index (Phi) is 5.80. The first-order valence-electron chi connectivity index (χ1n) is 6.54. The molecule has 7 heteroatoms. The lowest BCUT2D eigenvalue weighted by molar-refractivity contribution is 0.0928. The van der Waals surface area contributed by atoms with Crippen LogP contribution in [0.3, 0.4) is 0 Å². The van der Waals surface area contributed by atoms with Crippen LogP contribution in [-0.4, -0.2) is 32.0 Å². The summed E-state index contributed by atoms with van der Waals surface area (Å²) in [6, 6.07) is 8.47. The summed E-state index contributed by atoms with van der Waals surface area (Å²) in [5.74, 6) is 0.195. The summed E-state index contributed by atoms with van der Waals surface area (Å²) in [6.45, 7) is 0.668. The molecule has 0 aliphatic heterocycles. The molecule has 0 unspecified atom stereocenters. The molecular formula is C15H15ClN2O3S. The van der Waals surface area contributed by atoms with E-state index in [4.69, 9.17) is 16.3 Å². The summed E-state index contributed by atoms with van der Waals surface area (Å²) in [4.78, 5) is 23.7. The van der Waals surface area contributed by atoms with Gasteiger partial charge in [-0.1, -0.05) is 17.7 Å². The maximum absolute atomic E-state index is 11.9. The van der Waals surface area contributed by atoms with Gasteiger partial charge in [-0.05, 0) is 24.3 Å². The van der Waals surface area contributed by atoms with Crippen LogP contribution in [0.4, 0.5) is 0 Å². The number of rotatable bonds is 6. The number of hydrogen-bond donors (Lipinski definition) is 2. The normalized spacial score (nSPS) is 10.1. The molecule has 0 saturated carbocycles. The molecule has 0 saturated heterocycles. The second-order valence-corrected chi connectivity index (χ2v) is 5.93. The number of nitrogens with one attached hydrogen (secondary N) is 2. The van der Waals surface area contributed by atoms with E-state index in [9.17, 15) is 9.59 Å². The lowest BCUT2D eigenvalue weighted by Crippen LogP contribution is -2.34. The van der Waals surface area contributed by atoms with Crippen molar-refractivity contribution in [1.29, 1.82) is 0 Å². The molecule has 0 radical (unpaired) electrons. The molecule has 2 aromatic rings. The van der Waals surface area contributed by atoms with Crippen molar-refractivity contribution < 1.29 is 14.3 Å². The van der Waals surface area contributed by atoms with E-state index < -0.39 is 0 Å². The molecule has 2 amide bonds. The fourth-order valence-corrected chi connectivity index (χ4v) is 2.61. The molecule has 2 N–H and O–H groups in total. The predicted octanol–water partition coefficient (Wildman–Crippen LogP) is 2.57. The number of benzene rings is 1. The van der Waals surface area contributed by atoms with E-state index in [-0.39, 0.29) is 11.8 Å². The topological polar surface area (TPSA) is 67.4 Å². The number of ether oxygens (including phenoxy) is 1. The first kappa shape index (κ1) is 16.3. The van der Waals surface area contributed by atoms with Gasteiger partial charge in [-0.2, -0.15) is 0 Å². The van der Waals surface area contributed by atoms with Crippen molar-refractivity contribution >= 4 is 34.8 Å². The van der Waals surface area contributed by atoms with Crippen molar-refractivity contribution in [3.8, 4) is 5.75 Å². The highest BCUT2D eigenvalue weighted by molar-refractivity contribution is 7.14. The van der Waals surface area contributed by atoms with E-state index in [1.54, 1.807) is 42.8 Å². The first-order valence-corrected chi connectivity index (χ1v) is 7.80. The molecule has 0 fully saturated rings. The Hall–Kier alpha value is -2.05. The third-order valence-corrected chi connectivity index (χ3v) is 3.95. The van der Waals surface area contributed by atoms with E-state index >= 15 is 0 Å². The number of carbonyl (C=O) groups is 2. The molecule has 1 heterocycles. The van der Waals surface area contributed by atoms with Gasteiger partial charge in [0.1, 0.15) is 5.75 Å². The van der Waals surface area contributed by atoms with Crippen molar-refractivity contribution in [3.05, 3.63) is 51.2 Å². The lowest BCUT2D eigenvalue weighted by Gasteiger charge is -2.07. The van der Waals surface area contributed by atoms with Crippen LogP contribution in [0.2, 0.25) is 4.34 Å². The van der Waals surface area contributed by atoms with Gasteiger partial charge in [0, 0.05) is 24.0 Å². The highest BCUT2D eigenvalue weighted by atomic mass is 35.5. The van der Waals surface area contributed by atoms with Gasteiger partial charge in [-0.3, -0.25) is 9.59 Å². The Bertz CT molecular complexity index is 672. The second kappa shape index (κ2) is 7.82. The van der Waals surface area contributed by atoms with Gasteiger partial charge < -0.3 is 15.4 Å². The zero-order chi connectivity index (χ0) is 15.9. The molecule has 0 aliphatic carbocycles. The van der Waals surface area contributed by atoms with Crippen molar-refractivity contribution in [2.24, 2.45) is 0 Å². The van der Waals surface area contributed by atoms with Crippen LogP contribution in [0.25, 0.3) is 0 Å². The molecule has 0 spiro atoms. The Morgan fingerprint density at radius 3 is 2.41 bits per heavy atom. The van der Waals surface area contributed by atoms with E-state index in [2.05, 4.69) is 10.6 Å². The Morgan fingerprint density at radius 1 is 1.14 bits per heavy atom. The van der Waals surface area contributed by atoms with E-state index in [1.807, 2.05) is 0 Å². The number of halogens is 1. The number of hydrogen-bond acceptors (Lipinski definition) is 4. The Balaban J connectivity index is 1.76. The van der Waals surface area contributed by atoms with Gasteiger partial charge in [0.05, 0.1) is 17.0 Å². The van der Waals surface area contributed by atoms with Crippen molar-refractivity contribution in [3.63, 3.8) is 0 Å². The third kappa shape index (κ3) is 4.47. The van der Waals surface area contributed by atoms with Crippen LogP contribution in [0.15, 0.2) is 35.7 Å². The average Bonchev–Trinajstić information content (AvgIpc) is 2.97. The summed E-state index contributed by atoms with van der Waals surface area (Å²) < 4.78 is 5.63. The number of thiophene rings is 1. The Morgan fingerprint density at radius 2 is 1.82 bits per heavy atom. The van der Waals surface area contributed by atoms with Gasteiger partial charge in [0.15, 0.2) is 0 Å². The largest absolute Gasteiger partial charge is 0.497 e. The summed E-state index contributed by atoms with van der Waals surface area (Å²) >= 11 is 7.07. The lowest BCUT2D eigenvalue weighted by atomic mass is 10.2. The zero-order valence-electron chi connectivity index (χ0n) is 11.9. The SMILES string of the molecule is COc1cccc(C(=O)NCCNC(=O)c2csc(Cl)c2)c1. The third-order valence-electron chi connectivity index (χ3n) is 2.86. The minimum absolute atomic E-state index is 0.209. The monoisotopic (exact) mass is 338 g/mol. The second-order valence-electron chi connectivity index (χ2n) is 4.38. The fraction of sp³-hybridized carbons (Fsp3) is 0.200. The number of amides is 2. The number of carbonyl (C=O) groups excluding carboxylic acids is 2. The molecule has 0 atom stereocenters. The van der Waals surface area contributed by atoms with Gasteiger partial charge >= 0.3 is 0 Å². The van der Waals surface area contributed by atoms with E-state index in [0.29, 0.717) is 34.3 Å². The molecule has 0 bridgehead atoms. The molecule has 1 aromatic carbocycles. The molecule has 2 rings (SSSR count). The minimum atomic E-state index is -0.216. The van der Waals surface area contributed by atoms with Crippen molar-refractivity contribution in [1.82, 2.24) is 10.6 Å². The van der Waals surface area contributed by atoms with Crippen molar-refractivity contribution in [2.45, 2.75) is 0 Å². The summed E-state index contributed by atoms with van der Waals surface area (Å²) in [6.07, 6.45) is 0. The summed E-state index contributed by atoms with van der Waals surface area (Å²) in [5.41, 5.74) is 1.03. The predicted molar refractivity (Wildman–Crippen MR) is 87.0 cm³/mol. The van der Waals surface area contributed by atoms with Gasteiger partial charge in [-0.15, -0.1) is 11.3 Å². The standard InChI is InChI=1S/C15H15ClN2O3S/c1-21-12-4-2-3-10(7-12)14(19)17-5-6-18-15(20)11-8-13(16)22-9-11/h2-4,7-9H,5-6H2,1H3,(H,17,19)(H,18,20). The van der Waals surface area contributed by atoms with Crippen LogP contribution in [0.5, 0.6) is 5.75 Å². The van der Waals surface area contributed by atoms with Crippen LogP contribution < -0.4 is 15.4 Å². The molecule has 0 aliphatic rings. The Labute approximate surface area is 137 Å². The maximum Gasteiger partial charge on any atom is 0.252 e. The summed E-state index contributed by atoms with van der Waals surface area (Å²) in [7, 11) is 1.54. The quantitative estimate of drug-likeness (QED) is 0.795. The smallest absolute Gasteiger partial charge is 0.252 e. The van der Waals surface area contributed by atoms with Crippen LogP contribution in [0.1, 0.15) is 20.7 Å². The van der Waals surface area contributed by atoms with Crippen LogP contribution in [0, 0.1) is 0 Å². The molecule has 1 aromatic heterocycles. The average molecular weight is 339 g/mol. The highest BCUT2D eigenvalue weighted by Crippen LogP contribution is 2.19.